The molecule has 1 saturated carbocycles. The average Bonchev–Trinajstić information content (AvgIpc) is 3.60. The van der Waals surface area contributed by atoms with E-state index in [4.69, 9.17) is 9.97 Å². The molecule has 0 bridgehead atoms. The molecule has 3 aromatic rings. The minimum atomic E-state index is -0.181. The van der Waals surface area contributed by atoms with Gasteiger partial charge in [0, 0.05) is 55.8 Å². The summed E-state index contributed by atoms with van der Waals surface area (Å²) in [4.78, 5) is 14.5. The summed E-state index contributed by atoms with van der Waals surface area (Å²) in [5, 5.41) is 4.75. The number of hydrogen-bond acceptors (Lipinski definition) is 5. The van der Waals surface area contributed by atoms with Gasteiger partial charge in [-0.15, -0.1) is 0 Å². The van der Waals surface area contributed by atoms with Crippen molar-refractivity contribution >= 4 is 22.4 Å². The molecule has 5 rings (SSSR count). The van der Waals surface area contributed by atoms with E-state index >= 15 is 0 Å². The van der Waals surface area contributed by atoms with Crippen molar-refractivity contribution in [1.82, 2.24) is 14.9 Å². The van der Waals surface area contributed by atoms with Gasteiger partial charge >= 0.3 is 0 Å². The highest BCUT2D eigenvalue weighted by molar-refractivity contribution is 5.89. The van der Waals surface area contributed by atoms with Gasteiger partial charge in [-0.3, -0.25) is 4.90 Å². The molecule has 1 N–H and O–H groups in total. The zero-order valence-electron chi connectivity index (χ0n) is 17.4. The van der Waals surface area contributed by atoms with E-state index in [9.17, 15) is 4.39 Å². The Hall–Kier alpha value is -2.73. The highest BCUT2D eigenvalue weighted by Crippen LogP contribution is 2.39. The van der Waals surface area contributed by atoms with Crippen molar-refractivity contribution in [2.24, 2.45) is 0 Å². The lowest BCUT2D eigenvalue weighted by molar-refractivity contribution is 0.251. The van der Waals surface area contributed by atoms with Gasteiger partial charge in [-0.05, 0) is 56.2 Å². The van der Waals surface area contributed by atoms with E-state index in [2.05, 4.69) is 34.2 Å². The minimum Gasteiger partial charge on any atom is -0.369 e. The Labute approximate surface area is 176 Å². The van der Waals surface area contributed by atoms with Crippen LogP contribution in [0.1, 0.15) is 31.5 Å². The van der Waals surface area contributed by atoms with E-state index in [-0.39, 0.29) is 11.9 Å². The molecule has 2 aliphatic rings. The fraction of sp³-hybridized carbons (Fsp3) is 0.417. The predicted molar refractivity (Wildman–Crippen MR) is 120 cm³/mol. The molecule has 2 fully saturated rings. The monoisotopic (exact) mass is 405 g/mol. The summed E-state index contributed by atoms with van der Waals surface area (Å²) < 4.78 is 13.2. The normalized spacial score (nSPS) is 18.5. The zero-order chi connectivity index (χ0) is 20.5. The predicted octanol–water partition coefficient (Wildman–Crippen LogP) is 4.27. The number of rotatable bonds is 6. The molecule has 30 heavy (non-hydrogen) atoms. The van der Waals surface area contributed by atoms with Crippen molar-refractivity contribution in [2.75, 3.05) is 42.9 Å². The maximum Gasteiger partial charge on any atom is 0.137 e. The van der Waals surface area contributed by atoms with Crippen LogP contribution in [0.15, 0.2) is 48.5 Å². The maximum absolute atomic E-state index is 13.2. The standard InChI is InChI=1S/C24H28FN5/c1-17(16-29-12-14-30(15-13-29)20-10-8-19(25)9-11-20)26-24-21-4-2-3-5-22(21)27-23(28-24)18-6-7-18/h2-5,8-11,17-18H,6-7,12-16H2,1H3,(H,26,27,28). The Morgan fingerprint density at radius 1 is 1.00 bits per heavy atom. The number of para-hydroxylation sites is 1. The molecule has 156 valence electrons. The number of benzene rings is 2. The molecule has 1 unspecified atom stereocenters. The number of nitrogens with zero attached hydrogens (tertiary/aromatic N) is 4. The zero-order valence-corrected chi connectivity index (χ0v) is 17.4. The summed E-state index contributed by atoms with van der Waals surface area (Å²) in [6.07, 6.45) is 2.40. The molecular weight excluding hydrogens is 377 g/mol. The van der Waals surface area contributed by atoms with Crippen LogP contribution in [0.3, 0.4) is 0 Å². The molecule has 2 aromatic carbocycles. The average molecular weight is 406 g/mol. The smallest absolute Gasteiger partial charge is 0.137 e. The van der Waals surface area contributed by atoms with Gasteiger partial charge in [-0.25, -0.2) is 14.4 Å². The summed E-state index contributed by atoms with van der Waals surface area (Å²) in [5.41, 5.74) is 2.12. The molecule has 0 radical (unpaired) electrons. The van der Waals surface area contributed by atoms with Crippen molar-refractivity contribution in [3.63, 3.8) is 0 Å². The van der Waals surface area contributed by atoms with Gasteiger partial charge in [0.2, 0.25) is 0 Å². The number of piperazine rings is 1. The van der Waals surface area contributed by atoms with Crippen LogP contribution >= 0.6 is 0 Å². The van der Waals surface area contributed by atoms with Gasteiger partial charge in [0.25, 0.3) is 0 Å². The number of halogens is 1. The Bertz CT molecular complexity index is 1010. The summed E-state index contributed by atoms with van der Waals surface area (Å²) in [7, 11) is 0. The van der Waals surface area contributed by atoms with Crippen LogP contribution in [0.25, 0.3) is 10.9 Å². The molecular formula is C24H28FN5. The number of anilines is 2. The van der Waals surface area contributed by atoms with Gasteiger partial charge < -0.3 is 10.2 Å². The Morgan fingerprint density at radius 3 is 2.47 bits per heavy atom. The van der Waals surface area contributed by atoms with Crippen molar-refractivity contribution in [1.29, 1.82) is 0 Å². The second-order valence-corrected chi connectivity index (χ2v) is 8.53. The topological polar surface area (TPSA) is 44.3 Å². The molecule has 5 nitrogen and oxygen atoms in total. The third-order valence-electron chi connectivity index (χ3n) is 6.04. The molecule has 1 aliphatic heterocycles. The van der Waals surface area contributed by atoms with Gasteiger partial charge in [0.15, 0.2) is 0 Å². The SMILES string of the molecule is CC(CN1CCN(c2ccc(F)cc2)CC1)Nc1nc(C2CC2)nc2ccccc12. The van der Waals surface area contributed by atoms with Gasteiger partial charge in [0.05, 0.1) is 5.52 Å². The van der Waals surface area contributed by atoms with E-state index < -0.39 is 0 Å². The van der Waals surface area contributed by atoms with Crippen LogP contribution in [0.2, 0.25) is 0 Å². The van der Waals surface area contributed by atoms with E-state index in [0.717, 1.165) is 61.0 Å². The summed E-state index contributed by atoms with van der Waals surface area (Å²) >= 11 is 0. The number of aromatic nitrogens is 2. The van der Waals surface area contributed by atoms with E-state index in [1.807, 2.05) is 24.3 Å². The molecule has 1 saturated heterocycles. The molecule has 2 heterocycles. The van der Waals surface area contributed by atoms with E-state index in [1.165, 1.54) is 25.0 Å². The van der Waals surface area contributed by atoms with Crippen LogP contribution in [0.4, 0.5) is 15.9 Å². The van der Waals surface area contributed by atoms with Gasteiger partial charge in [-0.2, -0.15) is 0 Å². The lowest BCUT2D eigenvalue weighted by Gasteiger charge is -2.37. The third-order valence-corrected chi connectivity index (χ3v) is 6.04. The Morgan fingerprint density at radius 2 is 1.73 bits per heavy atom. The Kier molecular flexibility index (Phi) is 5.25. The molecule has 6 heteroatoms. The largest absolute Gasteiger partial charge is 0.369 e. The van der Waals surface area contributed by atoms with Crippen LogP contribution in [0, 0.1) is 5.82 Å². The minimum absolute atomic E-state index is 0.181. The summed E-state index contributed by atoms with van der Waals surface area (Å²) in [5.74, 6) is 2.29. The first kappa shape index (κ1) is 19.2. The maximum atomic E-state index is 13.2. The Balaban J connectivity index is 1.22. The second-order valence-electron chi connectivity index (χ2n) is 8.53. The lowest BCUT2D eigenvalue weighted by Crippen LogP contribution is -2.49. The lowest BCUT2D eigenvalue weighted by atomic mass is 10.2. The van der Waals surface area contributed by atoms with Crippen molar-refractivity contribution in [3.8, 4) is 0 Å². The van der Waals surface area contributed by atoms with Crippen molar-refractivity contribution < 1.29 is 4.39 Å². The van der Waals surface area contributed by atoms with Crippen LogP contribution in [-0.4, -0.2) is 53.6 Å². The molecule has 0 spiro atoms. The first-order valence-corrected chi connectivity index (χ1v) is 10.9. The van der Waals surface area contributed by atoms with Crippen LogP contribution in [0.5, 0.6) is 0 Å². The van der Waals surface area contributed by atoms with E-state index in [0.29, 0.717) is 5.92 Å². The number of fused-ring (bicyclic) bond motifs is 1. The highest BCUT2D eigenvalue weighted by Gasteiger charge is 2.28. The summed E-state index contributed by atoms with van der Waals surface area (Å²) in [6.45, 7) is 7.11. The van der Waals surface area contributed by atoms with Crippen LogP contribution < -0.4 is 10.2 Å². The van der Waals surface area contributed by atoms with Crippen molar-refractivity contribution in [3.05, 3.63) is 60.2 Å². The molecule has 0 amide bonds. The first-order chi connectivity index (χ1) is 14.7. The van der Waals surface area contributed by atoms with E-state index in [1.54, 1.807) is 0 Å². The molecule has 1 aromatic heterocycles. The van der Waals surface area contributed by atoms with Gasteiger partial charge in [-0.1, -0.05) is 12.1 Å². The number of nitrogens with one attached hydrogen (secondary N) is 1. The second kappa shape index (κ2) is 8.19. The summed E-state index contributed by atoms with van der Waals surface area (Å²) in [6, 6.07) is 15.4. The number of hydrogen-bond donors (Lipinski definition) is 1. The fourth-order valence-electron chi connectivity index (χ4n) is 4.24. The molecule has 1 atom stereocenters. The van der Waals surface area contributed by atoms with Crippen LogP contribution in [-0.2, 0) is 0 Å². The first-order valence-electron chi connectivity index (χ1n) is 10.9. The van der Waals surface area contributed by atoms with Crippen molar-refractivity contribution in [2.45, 2.75) is 31.7 Å². The quantitative estimate of drug-likeness (QED) is 0.664. The van der Waals surface area contributed by atoms with Gasteiger partial charge in [0.1, 0.15) is 17.5 Å². The highest BCUT2D eigenvalue weighted by atomic mass is 19.1. The molecule has 1 aliphatic carbocycles. The fourth-order valence-corrected chi connectivity index (χ4v) is 4.24. The third kappa shape index (κ3) is 4.24.